The maximum Gasteiger partial charge on any atom is 0.254 e. The Labute approximate surface area is 147 Å². The van der Waals surface area contributed by atoms with E-state index in [9.17, 15) is 4.79 Å². The lowest BCUT2D eigenvalue weighted by Gasteiger charge is -2.43. The topological polar surface area (TPSA) is 51.7 Å². The molecule has 2 aromatic rings. The third kappa shape index (κ3) is 3.51. The van der Waals surface area contributed by atoms with E-state index in [1.807, 2.05) is 41.3 Å². The van der Waals surface area contributed by atoms with Crippen LogP contribution in [-0.4, -0.2) is 41.1 Å². The van der Waals surface area contributed by atoms with Crippen molar-refractivity contribution in [2.24, 2.45) is 0 Å². The number of pyridine rings is 1. The summed E-state index contributed by atoms with van der Waals surface area (Å²) in [4.78, 5) is 19.0. The summed E-state index contributed by atoms with van der Waals surface area (Å²) in [6, 6.07) is 11.2. The lowest BCUT2D eigenvalue weighted by molar-refractivity contribution is -0.0752. The van der Waals surface area contributed by atoms with Gasteiger partial charge < -0.3 is 14.4 Å². The number of morpholine rings is 1. The van der Waals surface area contributed by atoms with Crippen LogP contribution in [0.5, 0.6) is 11.5 Å². The maximum atomic E-state index is 12.9. The van der Waals surface area contributed by atoms with Gasteiger partial charge in [0.2, 0.25) is 0 Å². The second-order valence-electron chi connectivity index (χ2n) is 6.57. The number of benzene rings is 1. The number of amides is 1. The molecule has 0 spiro atoms. The van der Waals surface area contributed by atoms with Gasteiger partial charge in [0.05, 0.1) is 24.9 Å². The van der Waals surface area contributed by atoms with Gasteiger partial charge in [-0.05, 0) is 49.2 Å². The number of carbonyl (C=O) groups is 1. The summed E-state index contributed by atoms with van der Waals surface area (Å²) in [5.41, 5.74) is 0.699. The zero-order valence-corrected chi connectivity index (χ0v) is 14.1. The molecule has 0 N–H and O–H groups in total. The fraction of sp³-hybridized carbons (Fsp3) is 0.400. The molecule has 1 aromatic carbocycles. The SMILES string of the molecule is O=C(c1ccc(Oc2cccnc2)cc1)N1CCO[C@H]2CCCC[C@H]21. The van der Waals surface area contributed by atoms with E-state index >= 15 is 0 Å². The molecule has 1 aliphatic carbocycles. The van der Waals surface area contributed by atoms with Crippen LogP contribution in [0.1, 0.15) is 36.0 Å². The monoisotopic (exact) mass is 338 g/mol. The summed E-state index contributed by atoms with van der Waals surface area (Å²) in [5, 5.41) is 0. The molecule has 5 heteroatoms. The lowest BCUT2D eigenvalue weighted by atomic mass is 9.89. The summed E-state index contributed by atoms with van der Waals surface area (Å²) < 4.78 is 11.6. The zero-order chi connectivity index (χ0) is 17.1. The van der Waals surface area contributed by atoms with E-state index < -0.39 is 0 Å². The zero-order valence-electron chi connectivity index (χ0n) is 14.1. The molecular weight excluding hydrogens is 316 g/mol. The molecule has 2 aliphatic rings. The minimum atomic E-state index is 0.0909. The van der Waals surface area contributed by atoms with Gasteiger partial charge in [0.15, 0.2) is 0 Å². The molecule has 0 bridgehead atoms. The Bertz CT molecular complexity index is 715. The van der Waals surface area contributed by atoms with Crippen molar-refractivity contribution in [3.8, 4) is 11.5 Å². The number of aromatic nitrogens is 1. The third-order valence-corrected chi connectivity index (χ3v) is 4.96. The average Bonchev–Trinajstić information content (AvgIpc) is 2.68. The first-order chi connectivity index (χ1) is 12.3. The van der Waals surface area contributed by atoms with Crippen LogP contribution in [0.15, 0.2) is 48.8 Å². The van der Waals surface area contributed by atoms with E-state index in [2.05, 4.69) is 4.98 Å². The van der Waals surface area contributed by atoms with E-state index in [1.165, 1.54) is 12.8 Å². The van der Waals surface area contributed by atoms with Crippen LogP contribution >= 0.6 is 0 Å². The Morgan fingerprint density at radius 2 is 1.96 bits per heavy atom. The number of nitrogens with zero attached hydrogens (tertiary/aromatic N) is 2. The normalized spacial score (nSPS) is 23.0. The number of hydrogen-bond donors (Lipinski definition) is 0. The Kier molecular flexibility index (Phi) is 4.65. The number of carbonyl (C=O) groups excluding carboxylic acids is 1. The van der Waals surface area contributed by atoms with Gasteiger partial charge in [-0.3, -0.25) is 9.78 Å². The molecule has 1 saturated carbocycles. The number of fused-ring (bicyclic) bond motifs is 1. The molecule has 5 nitrogen and oxygen atoms in total. The molecule has 2 fully saturated rings. The van der Waals surface area contributed by atoms with Gasteiger partial charge in [-0.1, -0.05) is 12.8 Å². The summed E-state index contributed by atoms with van der Waals surface area (Å²) in [6.07, 6.45) is 8.05. The molecule has 1 saturated heterocycles. The molecule has 2 heterocycles. The Hall–Kier alpha value is -2.40. The van der Waals surface area contributed by atoms with Crippen LogP contribution in [0.4, 0.5) is 0 Å². The van der Waals surface area contributed by atoms with E-state index in [4.69, 9.17) is 9.47 Å². The Balaban J connectivity index is 1.46. The van der Waals surface area contributed by atoms with Crippen LogP contribution in [-0.2, 0) is 4.74 Å². The van der Waals surface area contributed by atoms with E-state index in [1.54, 1.807) is 12.4 Å². The molecule has 1 aromatic heterocycles. The van der Waals surface area contributed by atoms with Crippen LogP contribution in [0.2, 0.25) is 0 Å². The van der Waals surface area contributed by atoms with Crippen molar-refractivity contribution in [3.05, 3.63) is 54.4 Å². The van der Waals surface area contributed by atoms with Gasteiger partial charge >= 0.3 is 0 Å². The molecule has 2 atom stereocenters. The fourth-order valence-corrected chi connectivity index (χ4v) is 3.72. The predicted molar refractivity (Wildman–Crippen MR) is 93.8 cm³/mol. The first kappa shape index (κ1) is 16.1. The highest BCUT2D eigenvalue weighted by Crippen LogP contribution is 2.30. The molecule has 25 heavy (non-hydrogen) atoms. The maximum absolute atomic E-state index is 12.9. The first-order valence-electron chi connectivity index (χ1n) is 8.92. The quantitative estimate of drug-likeness (QED) is 0.857. The number of ether oxygens (including phenoxy) is 2. The van der Waals surface area contributed by atoms with Gasteiger partial charge in [-0.2, -0.15) is 0 Å². The summed E-state index contributed by atoms with van der Waals surface area (Å²) >= 11 is 0. The average molecular weight is 338 g/mol. The van der Waals surface area contributed by atoms with Gasteiger partial charge in [0, 0.05) is 18.3 Å². The van der Waals surface area contributed by atoms with Crippen molar-refractivity contribution >= 4 is 5.91 Å². The summed E-state index contributed by atoms with van der Waals surface area (Å²) in [6.45, 7) is 1.31. The minimum Gasteiger partial charge on any atom is -0.456 e. The summed E-state index contributed by atoms with van der Waals surface area (Å²) in [7, 11) is 0. The van der Waals surface area contributed by atoms with Crippen LogP contribution in [0.3, 0.4) is 0 Å². The standard InChI is InChI=1S/C20H22N2O3/c23-20(22-12-13-24-19-6-2-1-5-18(19)22)15-7-9-16(10-8-15)25-17-4-3-11-21-14-17/h3-4,7-11,14,18-19H,1-2,5-6,12-13H2/t18-,19+/m1/s1. The van der Waals surface area contributed by atoms with Crippen molar-refractivity contribution in [1.82, 2.24) is 9.88 Å². The van der Waals surface area contributed by atoms with Gasteiger partial charge in [0.25, 0.3) is 5.91 Å². The lowest BCUT2D eigenvalue weighted by Crippen LogP contribution is -2.54. The second-order valence-corrected chi connectivity index (χ2v) is 6.57. The van der Waals surface area contributed by atoms with E-state index in [0.29, 0.717) is 30.2 Å². The molecular formula is C20H22N2O3. The van der Waals surface area contributed by atoms with Crippen LogP contribution in [0.25, 0.3) is 0 Å². The third-order valence-electron chi connectivity index (χ3n) is 4.96. The highest BCUT2D eigenvalue weighted by atomic mass is 16.5. The molecule has 1 aliphatic heterocycles. The first-order valence-corrected chi connectivity index (χ1v) is 8.92. The van der Waals surface area contributed by atoms with Crippen molar-refractivity contribution in [2.75, 3.05) is 13.2 Å². The van der Waals surface area contributed by atoms with Crippen LogP contribution < -0.4 is 4.74 Å². The van der Waals surface area contributed by atoms with Crippen molar-refractivity contribution < 1.29 is 14.3 Å². The molecule has 130 valence electrons. The summed E-state index contributed by atoms with van der Waals surface area (Å²) in [5.74, 6) is 1.47. The smallest absolute Gasteiger partial charge is 0.254 e. The number of hydrogen-bond acceptors (Lipinski definition) is 4. The Morgan fingerprint density at radius 3 is 2.76 bits per heavy atom. The van der Waals surface area contributed by atoms with Crippen molar-refractivity contribution in [1.29, 1.82) is 0 Å². The highest BCUT2D eigenvalue weighted by Gasteiger charge is 2.36. The van der Waals surface area contributed by atoms with E-state index in [0.717, 1.165) is 12.8 Å². The molecule has 1 amide bonds. The molecule has 4 rings (SSSR count). The largest absolute Gasteiger partial charge is 0.456 e. The highest BCUT2D eigenvalue weighted by molar-refractivity contribution is 5.94. The Morgan fingerprint density at radius 1 is 1.12 bits per heavy atom. The van der Waals surface area contributed by atoms with Crippen molar-refractivity contribution in [2.45, 2.75) is 37.8 Å². The van der Waals surface area contributed by atoms with Gasteiger partial charge in [-0.15, -0.1) is 0 Å². The van der Waals surface area contributed by atoms with Crippen LogP contribution in [0, 0.1) is 0 Å². The molecule has 0 unspecified atom stereocenters. The predicted octanol–water partition coefficient (Wildman–Crippen LogP) is 3.66. The van der Waals surface area contributed by atoms with Gasteiger partial charge in [-0.25, -0.2) is 0 Å². The van der Waals surface area contributed by atoms with Crippen molar-refractivity contribution in [3.63, 3.8) is 0 Å². The number of rotatable bonds is 3. The fourth-order valence-electron chi connectivity index (χ4n) is 3.72. The van der Waals surface area contributed by atoms with E-state index in [-0.39, 0.29) is 18.1 Å². The minimum absolute atomic E-state index is 0.0909. The second kappa shape index (κ2) is 7.23. The van der Waals surface area contributed by atoms with Gasteiger partial charge in [0.1, 0.15) is 11.5 Å². The molecule has 0 radical (unpaired) electrons.